The summed E-state index contributed by atoms with van der Waals surface area (Å²) >= 11 is 0. The molecule has 1 N–H and O–H groups in total. The molecule has 1 unspecified atom stereocenters. The van der Waals surface area contributed by atoms with Gasteiger partial charge < -0.3 is 10.0 Å². The number of nitrogens with zero attached hydrogens (tertiary/aromatic N) is 1. The predicted octanol–water partition coefficient (Wildman–Crippen LogP) is 5.94. The highest BCUT2D eigenvalue weighted by Crippen LogP contribution is 2.49. The van der Waals surface area contributed by atoms with Crippen molar-refractivity contribution in [3.8, 4) is 12.3 Å². The van der Waals surface area contributed by atoms with Crippen LogP contribution in [0.15, 0.2) is 90.7 Å². The molecule has 1 atom stereocenters. The minimum Gasteiger partial charge on any atom is -0.516 e. The largest absolute Gasteiger partial charge is 0.516 e. The lowest BCUT2D eigenvalue weighted by Crippen LogP contribution is -2.41. The Balaban J connectivity index is 2.22. The first kappa shape index (κ1) is 22.2. The van der Waals surface area contributed by atoms with Crippen LogP contribution in [0.4, 0.5) is 5.69 Å². The maximum atomic E-state index is 14.0. The minimum atomic E-state index is -0.846. The van der Waals surface area contributed by atoms with E-state index in [1.54, 1.807) is 17.1 Å². The molecule has 0 aromatic heterocycles. The number of fused-ring (bicyclic) bond motifs is 1. The van der Waals surface area contributed by atoms with E-state index in [9.17, 15) is 9.90 Å². The van der Waals surface area contributed by atoms with Crippen molar-refractivity contribution in [2.75, 3.05) is 11.4 Å². The summed E-state index contributed by atoms with van der Waals surface area (Å²) in [6.45, 7) is 6.72. The SMILES string of the molecule is C#C/C=C\C(=C/CC1(c2ccccc2)C(=O)N(C/C=C\O)c2ccccc21)C(C)(C)C. The highest BCUT2D eigenvalue weighted by atomic mass is 16.2. The van der Waals surface area contributed by atoms with Crippen molar-refractivity contribution in [1.82, 2.24) is 0 Å². The fraction of sp³-hybridized carbons (Fsp3) is 0.250. The van der Waals surface area contributed by atoms with Gasteiger partial charge in [0.25, 0.3) is 0 Å². The second-order valence-corrected chi connectivity index (χ2v) is 8.70. The number of carbonyl (C=O) groups is 1. The van der Waals surface area contributed by atoms with Crippen LogP contribution in [0.2, 0.25) is 0 Å². The third kappa shape index (κ3) is 4.20. The number of hydrogen-bond acceptors (Lipinski definition) is 2. The zero-order chi connectivity index (χ0) is 22.5. The number of amides is 1. The van der Waals surface area contributed by atoms with Gasteiger partial charge in [0.1, 0.15) is 5.41 Å². The highest BCUT2D eigenvalue weighted by Gasteiger charge is 2.51. The van der Waals surface area contributed by atoms with Gasteiger partial charge in [-0.25, -0.2) is 0 Å². The lowest BCUT2D eigenvalue weighted by Gasteiger charge is -2.30. The average Bonchev–Trinajstić information content (AvgIpc) is 3.00. The van der Waals surface area contributed by atoms with E-state index in [1.165, 1.54) is 0 Å². The van der Waals surface area contributed by atoms with Crippen molar-refractivity contribution in [1.29, 1.82) is 0 Å². The third-order valence-electron chi connectivity index (χ3n) is 5.78. The van der Waals surface area contributed by atoms with Crippen molar-refractivity contribution >= 4 is 11.6 Å². The van der Waals surface area contributed by atoms with Gasteiger partial charge in [-0.1, -0.05) is 87.4 Å². The van der Waals surface area contributed by atoms with Gasteiger partial charge in [0, 0.05) is 12.2 Å². The summed E-state index contributed by atoms with van der Waals surface area (Å²) in [5, 5.41) is 9.20. The fourth-order valence-corrected chi connectivity index (χ4v) is 4.20. The zero-order valence-corrected chi connectivity index (χ0v) is 18.4. The number of allylic oxidation sites excluding steroid dienone is 4. The zero-order valence-electron chi connectivity index (χ0n) is 18.4. The number of anilines is 1. The van der Waals surface area contributed by atoms with E-state index in [0.29, 0.717) is 13.0 Å². The number of hydrogen-bond donors (Lipinski definition) is 1. The van der Waals surface area contributed by atoms with Gasteiger partial charge >= 0.3 is 0 Å². The van der Waals surface area contributed by atoms with Crippen molar-refractivity contribution < 1.29 is 9.90 Å². The molecule has 3 heteroatoms. The van der Waals surface area contributed by atoms with Crippen LogP contribution in [-0.4, -0.2) is 17.6 Å². The summed E-state index contributed by atoms with van der Waals surface area (Å²) < 4.78 is 0. The van der Waals surface area contributed by atoms with Gasteiger partial charge in [-0.2, -0.15) is 0 Å². The quantitative estimate of drug-likeness (QED) is 0.363. The number of carbonyl (C=O) groups excluding carboxylic acids is 1. The molecule has 1 aliphatic heterocycles. The van der Waals surface area contributed by atoms with E-state index in [-0.39, 0.29) is 11.3 Å². The van der Waals surface area contributed by atoms with Crippen LogP contribution in [0.25, 0.3) is 0 Å². The number of rotatable bonds is 6. The molecule has 0 bridgehead atoms. The lowest BCUT2D eigenvalue weighted by molar-refractivity contribution is -0.121. The van der Waals surface area contributed by atoms with Crippen LogP contribution in [0, 0.1) is 17.8 Å². The first-order chi connectivity index (χ1) is 14.9. The molecule has 0 spiro atoms. The van der Waals surface area contributed by atoms with Gasteiger partial charge in [0.15, 0.2) is 0 Å². The van der Waals surface area contributed by atoms with E-state index in [1.807, 2.05) is 60.7 Å². The van der Waals surface area contributed by atoms with Crippen LogP contribution in [0.1, 0.15) is 38.3 Å². The van der Waals surface area contributed by atoms with Gasteiger partial charge in [0.05, 0.1) is 6.26 Å². The molecule has 1 aliphatic rings. The maximum absolute atomic E-state index is 14.0. The summed E-state index contributed by atoms with van der Waals surface area (Å²) in [6, 6.07) is 17.8. The van der Waals surface area contributed by atoms with Crippen LogP contribution >= 0.6 is 0 Å². The summed E-state index contributed by atoms with van der Waals surface area (Å²) in [4.78, 5) is 15.7. The van der Waals surface area contributed by atoms with E-state index in [4.69, 9.17) is 6.42 Å². The maximum Gasteiger partial charge on any atom is 0.242 e. The normalized spacial score (nSPS) is 19.2. The fourth-order valence-electron chi connectivity index (χ4n) is 4.20. The van der Waals surface area contributed by atoms with Gasteiger partial charge in [0.2, 0.25) is 5.91 Å². The summed E-state index contributed by atoms with van der Waals surface area (Å²) in [6.07, 6.45) is 14.3. The molecule has 2 aromatic rings. The smallest absolute Gasteiger partial charge is 0.242 e. The molecule has 0 saturated heterocycles. The molecule has 158 valence electrons. The van der Waals surface area contributed by atoms with Crippen molar-refractivity contribution in [3.05, 3.63) is 102 Å². The van der Waals surface area contributed by atoms with Crippen molar-refractivity contribution in [2.24, 2.45) is 5.41 Å². The summed E-state index contributed by atoms with van der Waals surface area (Å²) in [5.74, 6) is 2.57. The van der Waals surface area contributed by atoms with Gasteiger partial charge in [-0.15, -0.1) is 6.42 Å². The van der Waals surface area contributed by atoms with E-state index in [2.05, 4.69) is 32.8 Å². The molecule has 1 heterocycles. The monoisotopic (exact) mass is 411 g/mol. The lowest BCUT2D eigenvalue weighted by atomic mass is 9.71. The first-order valence-corrected chi connectivity index (χ1v) is 10.5. The first-order valence-electron chi connectivity index (χ1n) is 10.5. The number of terminal acetylenes is 1. The Morgan fingerprint density at radius 3 is 2.45 bits per heavy atom. The summed E-state index contributed by atoms with van der Waals surface area (Å²) in [5.41, 5.74) is 2.92. The van der Waals surface area contributed by atoms with E-state index >= 15 is 0 Å². The molecule has 0 saturated carbocycles. The Bertz CT molecular complexity index is 1060. The number of benzene rings is 2. The Hall–Kier alpha value is -3.51. The molecule has 0 aliphatic carbocycles. The molecule has 0 radical (unpaired) electrons. The van der Waals surface area contributed by atoms with E-state index in [0.717, 1.165) is 28.6 Å². The number of para-hydroxylation sites is 1. The van der Waals surface area contributed by atoms with Crippen molar-refractivity contribution in [2.45, 2.75) is 32.6 Å². The molecular weight excluding hydrogens is 382 g/mol. The van der Waals surface area contributed by atoms with Gasteiger partial charge in [-0.3, -0.25) is 4.79 Å². The Morgan fingerprint density at radius 2 is 1.81 bits per heavy atom. The molecule has 0 fully saturated rings. The van der Waals surface area contributed by atoms with Crippen LogP contribution < -0.4 is 4.90 Å². The topological polar surface area (TPSA) is 40.5 Å². The Labute approximate surface area is 185 Å². The predicted molar refractivity (Wildman–Crippen MR) is 128 cm³/mol. The molecule has 3 nitrogen and oxygen atoms in total. The average molecular weight is 412 g/mol. The van der Waals surface area contributed by atoms with Crippen LogP contribution in [0.3, 0.4) is 0 Å². The Kier molecular flexibility index (Phi) is 6.51. The minimum absolute atomic E-state index is 0.00318. The molecule has 1 amide bonds. The van der Waals surface area contributed by atoms with Crippen molar-refractivity contribution in [3.63, 3.8) is 0 Å². The second kappa shape index (κ2) is 9.10. The third-order valence-corrected chi connectivity index (χ3v) is 5.78. The summed E-state index contributed by atoms with van der Waals surface area (Å²) in [7, 11) is 0. The molecule has 2 aromatic carbocycles. The molecular formula is C28H29NO2. The number of aliphatic hydroxyl groups is 1. The second-order valence-electron chi connectivity index (χ2n) is 8.70. The molecule has 31 heavy (non-hydrogen) atoms. The van der Waals surface area contributed by atoms with Gasteiger partial charge in [-0.05, 0) is 46.8 Å². The highest BCUT2D eigenvalue weighted by molar-refractivity contribution is 6.10. The number of aliphatic hydroxyl groups excluding tert-OH is 1. The molecule has 3 rings (SSSR count). The van der Waals surface area contributed by atoms with Crippen LogP contribution in [-0.2, 0) is 10.2 Å². The van der Waals surface area contributed by atoms with E-state index < -0.39 is 5.41 Å². The van der Waals surface area contributed by atoms with Crippen LogP contribution in [0.5, 0.6) is 0 Å². The standard InChI is InChI=1S/C28H29NO2/c1-5-6-13-22(27(2,3)4)18-19-28(23-14-8-7-9-15-23)24-16-10-11-17-25(24)29(26(28)31)20-12-21-30/h1,6-18,21,30H,19-20H2,2-4H3/b13-6-,21-12-,22-18+. The Morgan fingerprint density at radius 1 is 1.13 bits per heavy atom.